The smallest absolute Gasteiger partial charge is 0.120 e. The van der Waals surface area contributed by atoms with Gasteiger partial charge in [0.15, 0.2) is 0 Å². The van der Waals surface area contributed by atoms with Gasteiger partial charge in [-0.2, -0.15) is 0 Å². The van der Waals surface area contributed by atoms with Crippen LogP contribution >= 0.6 is 11.6 Å². The van der Waals surface area contributed by atoms with E-state index in [-0.39, 0.29) is 6.10 Å². The normalized spacial score (nSPS) is 12.8. The lowest BCUT2D eigenvalue weighted by Gasteiger charge is -2.20. The van der Waals surface area contributed by atoms with Crippen molar-refractivity contribution >= 4 is 11.6 Å². The van der Waals surface area contributed by atoms with E-state index in [4.69, 9.17) is 16.3 Å². The van der Waals surface area contributed by atoms with Gasteiger partial charge in [0.1, 0.15) is 11.9 Å². The van der Waals surface area contributed by atoms with Gasteiger partial charge in [0.2, 0.25) is 0 Å². The second kappa shape index (κ2) is 6.87. The van der Waals surface area contributed by atoms with E-state index in [0.29, 0.717) is 6.04 Å². The van der Waals surface area contributed by atoms with Crippen LogP contribution in [0.4, 0.5) is 0 Å². The van der Waals surface area contributed by atoms with Crippen LogP contribution in [-0.4, -0.2) is 18.7 Å². The van der Waals surface area contributed by atoms with Gasteiger partial charge in [0, 0.05) is 17.6 Å². The van der Waals surface area contributed by atoms with E-state index in [2.05, 4.69) is 26.1 Å². The summed E-state index contributed by atoms with van der Waals surface area (Å²) in [6.45, 7) is 9.27. The Morgan fingerprint density at radius 3 is 2.59 bits per heavy atom. The Morgan fingerprint density at radius 2 is 2.06 bits per heavy atom. The first-order valence-electron chi connectivity index (χ1n) is 6.19. The van der Waals surface area contributed by atoms with E-state index in [1.807, 2.05) is 25.1 Å². The Morgan fingerprint density at radius 1 is 1.35 bits per heavy atom. The third-order valence-corrected chi connectivity index (χ3v) is 3.07. The summed E-state index contributed by atoms with van der Waals surface area (Å²) in [6, 6.07) is 6.28. The first-order chi connectivity index (χ1) is 8.02. The highest BCUT2D eigenvalue weighted by Crippen LogP contribution is 2.22. The maximum absolute atomic E-state index is 5.99. The van der Waals surface area contributed by atoms with Crippen LogP contribution in [0.1, 0.15) is 32.8 Å². The maximum Gasteiger partial charge on any atom is 0.120 e. The molecule has 0 spiro atoms. The predicted octanol–water partition coefficient (Wildman–Crippen LogP) is 3.80. The molecule has 3 heteroatoms. The predicted molar refractivity (Wildman–Crippen MR) is 74.0 cm³/mol. The summed E-state index contributed by atoms with van der Waals surface area (Å²) < 4.78 is 5.93. The minimum Gasteiger partial charge on any atom is -0.489 e. The summed E-state index contributed by atoms with van der Waals surface area (Å²) in [7, 11) is 0. The SMILES string of the molecule is CCC(CNC(C)C)Oc1ccc(Cl)c(C)c1. The molecule has 0 saturated heterocycles. The number of hydrogen-bond donors (Lipinski definition) is 1. The van der Waals surface area contributed by atoms with Crippen molar-refractivity contribution in [3.8, 4) is 5.75 Å². The van der Waals surface area contributed by atoms with Gasteiger partial charge in [0.05, 0.1) is 0 Å². The average Bonchev–Trinajstić information content (AvgIpc) is 2.28. The summed E-state index contributed by atoms with van der Waals surface area (Å²) in [4.78, 5) is 0. The van der Waals surface area contributed by atoms with Gasteiger partial charge < -0.3 is 10.1 Å². The van der Waals surface area contributed by atoms with E-state index >= 15 is 0 Å². The molecule has 96 valence electrons. The minimum atomic E-state index is 0.206. The second-order valence-electron chi connectivity index (χ2n) is 4.62. The molecule has 1 unspecified atom stereocenters. The maximum atomic E-state index is 5.99. The fourth-order valence-corrected chi connectivity index (χ4v) is 1.64. The molecule has 1 rings (SSSR count). The molecule has 0 aliphatic rings. The van der Waals surface area contributed by atoms with Crippen molar-refractivity contribution in [3.63, 3.8) is 0 Å². The van der Waals surface area contributed by atoms with Crippen molar-refractivity contribution in [1.82, 2.24) is 5.32 Å². The van der Waals surface area contributed by atoms with E-state index in [9.17, 15) is 0 Å². The molecular formula is C14H22ClNO. The first-order valence-corrected chi connectivity index (χ1v) is 6.57. The van der Waals surface area contributed by atoms with E-state index in [1.54, 1.807) is 0 Å². The Labute approximate surface area is 109 Å². The summed E-state index contributed by atoms with van der Waals surface area (Å²) in [5, 5.41) is 4.17. The van der Waals surface area contributed by atoms with Gasteiger partial charge >= 0.3 is 0 Å². The molecular weight excluding hydrogens is 234 g/mol. The fraction of sp³-hybridized carbons (Fsp3) is 0.571. The van der Waals surface area contributed by atoms with Gasteiger partial charge in [-0.05, 0) is 37.1 Å². The lowest BCUT2D eigenvalue weighted by Crippen LogP contribution is -2.34. The molecule has 0 aliphatic heterocycles. The minimum absolute atomic E-state index is 0.206. The number of hydrogen-bond acceptors (Lipinski definition) is 2. The number of benzene rings is 1. The monoisotopic (exact) mass is 255 g/mol. The van der Waals surface area contributed by atoms with Crippen molar-refractivity contribution < 1.29 is 4.74 Å². The highest BCUT2D eigenvalue weighted by atomic mass is 35.5. The van der Waals surface area contributed by atoms with Crippen LogP contribution in [0.15, 0.2) is 18.2 Å². The van der Waals surface area contributed by atoms with E-state index in [1.165, 1.54) is 0 Å². The van der Waals surface area contributed by atoms with Crippen LogP contribution in [0.25, 0.3) is 0 Å². The molecule has 0 aromatic heterocycles. The van der Waals surface area contributed by atoms with Crippen LogP contribution in [0, 0.1) is 6.92 Å². The van der Waals surface area contributed by atoms with E-state index < -0.39 is 0 Å². The lowest BCUT2D eigenvalue weighted by atomic mass is 10.2. The highest BCUT2D eigenvalue weighted by molar-refractivity contribution is 6.31. The van der Waals surface area contributed by atoms with Crippen LogP contribution in [0.3, 0.4) is 0 Å². The number of ether oxygens (including phenoxy) is 1. The third-order valence-electron chi connectivity index (χ3n) is 2.64. The number of halogens is 1. The highest BCUT2D eigenvalue weighted by Gasteiger charge is 2.09. The van der Waals surface area contributed by atoms with Crippen molar-refractivity contribution in [1.29, 1.82) is 0 Å². The number of nitrogens with one attached hydrogen (secondary N) is 1. The molecule has 0 aliphatic carbocycles. The van der Waals surface area contributed by atoms with Gasteiger partial charge in [0.25, 0.3) is 0 Å². The van der Waals surface area contributed by atoms with Crippen molar-refractivity contribution in [2.75, 3.05) is 6.54 Å². The van der Waals surface area contributed by atoms with Gasteiger partial charge in [-0.25, -0.2) is 0 Å². The molecule has 0 bridgehead atoms. The summed E-state index contributed by atoms with van der Waals surface area (Å²) in [5.41, 5.74) is 1.05. The topological polar surface area (TPSA) is 21.3 Å². The van der Waals surface area contributed by atoms with Crippen molar-refractivity contribution in [3.05, 3.63) is 28.8 Å². The molecule has 1 atom stereocenters. The summed E-state index contributed by atoms with van der Waals surface area (Å²) >= 11 is 5.99. The number of aryl methyl sites for hydroxylation is 1. The molecule has 0 fully saturated rings. The molecule has 0 heterocycles. The van der Waals surface area contributed by atoms with Crippen molar-refractivity contribution in [2.45, 2.75) is 46.3 Å². The van der Waals surface area contributed by atoms with Crippen LogP contribution in [-0.2, 0) is 0 Å². The van der Waals surface area contributed by atoms with Gasteiger partial charge in [-0.15, -0.1) is 0 Å². The summed E-state index contributed by atoms with van der Waals surface area (Å²) in [5.74, 6) is 0.893. The molecule has 0 radical (unpaired) electrons. The standard InChI is InChI=1S/C14H22ClNO/c1-5-12(9-16-10(2)3)17-13-6-7-14(15)11(4)8-13/h6-8,10,12,16H,5,9H2,1-4H3. The third kappa shape index (κ3) is 4.97. The zero-order chi connectivity index (χ0) is 12.8. The molecule has 17 heavy (non-hydrogen) atoms. The van der Waals surface area contributed by atoms with Gasteiger partial charge in [-0.3, -0.25) is 0 Å². The zero-order valence-electron chi connectivity index (χ0n) is 11.1. The Bertz CT molecular complexity index is 352. The number of rotatable bonds is 6. The molecule has 1 N–H and O–H groups in total. The zero-order valence-corrected chi connectivity index (χ0v) is 11.8. The van der Waals surface area contributed by atoms with Crippen molar-refractivity contribution in [2.24, 2.45) is 0 Å². The van der Waals surface area contributed by atoms with Crippen LogP contribution in [0.5, 0.6) is 5.75 Å². The molecule has 1 aromatic rings. The Kier molecular flexibility index (Phi) is 5.79. The Balaban J connectivity index is 2.57. The average molecular weight is 256 g/mol. The lowest BCUT2D eigenvalue weighted by molar-refractivity contribution is 0.190. The quantitative estimate of drug-likeness (QED) is 0.835. The molecule has 1 aromatic carbocycles. The van der Waals surface area contributed by atoms with Crippen LogP contribution in [0.2, 0.25) is 5.02 Å². The first kappa shape index (κ1) is 14.3. The molecule has 0 amide bonds. The fourth-order valence-electron chi connectivity index (χ4n) is 1.52. The molecule has 0 saturated carbocycles. The summed E-state index contributed by atoms with van der Waals surface area (Å²) in [6.07, 6.45) is 1.19. The second-order valence-corrected chi connectivity index (χ2v) is 5.03. The van der Waals surface area contributed by atoms with Gasteiger partial charge in [-0.1, -0.05) is 32.4 Å². The van der Waals surface area contributed by atoms with E-state index in [0.717, 1.165) is 29.3 Å². The Hall–Kier alpha value is -0.730. The van der Waals surface area contributed by atoms with Crippen LogP contribution < -0.4 is 10.1 Å². The largest absolute Gasteiger partial charge is 0.489 e. The molecule has 2 nitrogen and oxygen atoms in total.